The second kappa shape index (κ2) is 9.47. The van der Waals surface area contributed by atoms with E-state index >= 15 is 0 Å². The first kappa shape index (κ1) is 18.5. The summed E-state index contributed by atoms with van der Waals surface area (Å²) in [5.74, 6) is 0. The van der Waals surface area contributed by atoms with Gasteiger partial charge in [0, 0.05) is 23.1 Å². The van der Waals surface area contributed by atoms with Gasteiger partial charge in [-0.3, -0.25) is 0 Å². The molecule has 0 amide bonds. The van der Waals surface area contributed by atoms with Crippen molar-refractivity contribution in [1.29, 1.82) is 0 Å². The first-order chi connectivity index (χ1) is 10.0. The third-order valence-electron chi connectivity index (χ3n) is 4.22. The third kappa shape index (κ3) is 5.63. The number of nitrogens with zero attached hydrogens (tertiary/aromatic N) is 1. The fourth-order valence-electron chi connectivity index (χ4n) is 2.48. The first-order valence-electron chi connectivity index (χ1n) is 8.34. The van der Waals surface area contributed by atoms with Crippen molar-refractivity contribution in [2.45, 2.75) is 71.9 Å². The Balaban J connectivity index is 2.93. The Labute approximate surface area is 139 Å². The van der Waals surface area contributed by atoms with Gasteiger partial charge in [-0.25, -0.2) is 0 Å². The average Bonchev–Trinajstić information content (AvgIpc) is 2.48. The van der Waals surface area contributed by atoms with E-state index in [0.717, 1.165) is 19.4 Å². The topological polar surface area (TPSA) is 29.3 Å². The van der Waals surface area contributed by atoms with Crippen LogP contribution in [0.4, 0.5) is 5.69 Å². The van der Waals surface area contributed by atoms with Gasteiger partial charge in [0.25, 0.3) is 0 Å². The molecular formula is C18H31BrN2. The smallest absolute Gasteiger partial charge is 0.0513 e. The Morgan fingerprint density at radius 2 is 1.90 bits per heavy atom. The van der Waals surface area contributed by atoms with E-state index in [-0.39, 0.29) is 6.04 Å². The summed E-state index contributed by atoms with van der Waals surface area (Å²) in [6, 6.07) is 7.55. The van der Waals surface area contributed by atoms with Crippen molar-refractivity contribution < 1.29 is 0 Å². The fraction of sp³-hybridized carbons (Fsp3) is 0.667. The zero-order valence-electron chi connectivity index (χ0n) is 14.0. The number of unbranched alkanes of at least 4 members (excludes halogenated alkanes) is 1. The lowest BCUT2D eigenvalue weighted by molar-refractivity contribution is 0.594. The molecule has 0 bridgehead atoms. The second-order valence-corrected chi connectivity index (χ2v) is 6.82. The molecule has 0 aliphatic rings. The molecule has 0 saturated carbocycles. The van der Waals surface area contributed by atoms with Crippen LogP contribution >= 0.6 is 15.9 Å². The largest absolute Gasteiger partial charge is 0.368 e. The molecule has 2 nitrogen and oxygen atoms in total. The molecule has 3 heteroatoms. The first-order valence-corrected chi connectivity index (χ1v) is 9.13. The van der Waals surface area contributed by atoms with Crippen molar-refractivity contribution in [3.05, 3.63) is 28.2 Å². The van der Waals surface area contributed by atoms with Crippen LogP contribution in [0.3, 0.4) is 0 Å². The molecule has 0 aliphatic carbocycles. The maximum Gasteiger partial charge on any atom is 0.0513 e. The lowest BCUT2D eigenvalue weighted by atomic mass is 10.0. The van der Waals surface area contributed by atoms with Crippen LogP contribution < -0.4 is 10.6 Å². The highest BCUT2D eigenvalue weighted by atomic mass is 79.9. The molecule has 0 aliphatic heterocycles. The summed E-state index contributed by atoms with van der Waals surface area (Å²) in [4.78, 5) is 2.52. The van der Waals surface area contributed by atoms with Gasteiger partial charge in [-0.15, -0.1) is 0 Å². The molecule has 0 saturated heterocycles. The standard InChI is InChI=1S/C18H31BrN2/c1-5-8-11-21(14(4)6-2)18-10-9-15(13-17(18)19)12-16(20)7-3/h9-10,13-14,16H,5-8,11-12,20H2,1-4H3. The number of benzene rings is 1. The van der Waals surface area contributed by atoms with Gasteiger partial charge in [-0.05, 0) is 66.2 Å². The summed E-state index contributed by atoms with van der Waals surface area (Å²) in [7, 11) is 0. The quantitative estimate of drug-likeness (QED) is 0.665. The van der Waals surface area contributed by atoms with Crippen molar-refractivity contribution in [3.8, 4) is 0 Å². The van der Waals surface area contributed by atoms with Crippen LogP contribution in [-0.2, 0) is 6.42 Å². The van der Waals surface area contributed by atoms with Gasteiger partial charge in [-0.1, -0.05) is 33.3 Å². The van der Waals surface area contributed by atoms with E-state index in [9.17, 15) is 0 Å². The number of anilines is 1. The monoisotopic (exact) mass is 354 g/mol. The highest BCUT2D eigenvalue weighted by Gasteiger charge is 2.15. The van der Waals surface area contributed by atoms with E-state index in [1.807, 2.05) is 0 Å². The third-order valence-corrected chi connectivity index (χ3v) is 4.85. The Morgan fingerprint density at radius 3 is 2.43 bits per heavy atom. The van der Waals surface area contributed by atoms with Gasteiger partial charge < -0.3 is 10.6 Å². The SMILES string of the molecule is CCCCN(c1ccc(CC(N)CC)cc1Br)C(C)CC. The van der Waals surface area contributed by atoms with E-state index in [0.29, 0.717) is 6.04 Å². The summed E-state index contributed by atoms with van der Waals surface area (Å²) in [6.07, 6.45) is 5.61. The molecule has 120 valence electrons. The predicted molar refractivity (Wildman–Crippen MR) is 98.1 cm³/mol. The Kier molecular flexibility index (Phi) is 8.35. The van der Waals surface area contributed by atoms with E-state index in [1.165, 1.54) is 35.0 Å². The van der Waals surface area contributed by atoms with Gasteiger partial charge in [-0.2, -0.15) is 0 Å². The second-order valence-electron chi connectivity index (χ2n) is 5.96. The molecule has 1 rings (SSSR count). The molecular weight excluding hydrogens is 324 g/mol. The minimum absolute atomic E-state index is 0.258. The van der Waals surface area contributed by atoms with Crippen molar-refractivity contribution in [2.75, 3.05) is 11.4 Å². The van der Waals surface area contributed by atoms with Crippen LogP contribution in [-0.4, -0.2) is 18.6 Å². The van der Waals surface area contributed by atoms with E-state index in [1.54, 1.807) is 0 Å². The minimum atomic E-state index is 0.258. The van der Waals surface area contributed by atoms with Crippen molar-refractivity contribution in [3.63, 3.8) is 0 Å². The van der Waals surface area contributed by atoms with Crippen LogP contribution in [0.15, 0.2) is 22.7 Å². The van der Waals surface area contributed by atoms with Crippen molar-refractivity contribution in [1.82, 2.24) is 0 Å². The molecule has 1 aromatic carbocycles. The van der Waals surface area contributed by atoms with Crippen LogP contribution in [0.2, 0.25) is 0 Å². The van der Waals surface area contributed by atoms with Crippen molar-refractivity contribution >= 4 is 21.6 Å². The van der Waals surface area contributed by atoms with Crippen LogP contribution in [0.25, 0.3) is 0 Å². The zero-order valence-corrected chi connectivity index (χ0v) is 15.6. The zero-order chi connectivity index (χ0) is 15.8. The molecule has 0 spiro atoms. The fourth-order valence-corrected chi connectivity index (χ4v) is 3.14. The molecule has 2 atom stereocenters. The number of rotatable bonds is 9. The van der Waals surface area contributed by atoms with Gasteiger partial charge in [0.1, 0.15) is 0 Å². The Morgan fingerprint density at radius 1 is 1.19 bits per heavy atom. The molecule has 0 aromatic heterocycles. The van der Waals surface area contributed by atoms with Crippen LogP contribution in [0, 0.1) is 0 Å². The molecule has 0 fully saturated rings. The normalized spacial score (nSPS) is 14.0. The summed E-state index contributed by atoms with van der Waals surface area (Å²) >= 11 is 3.77. The molecule has 2 N–H and O–H groups in total. The average molecular weight is 355 g/mol. The Bertz CT molecular complexity index is 420. The highest BCUT2D eigenvalue weighted by molar-refractivity contribution is 9.10. The van der Waals surface area contributed by atoms with E-state index in [4.69, 9.17) is 5.73 Å². The number of hydrogen-bond acceptors (Lipinski definition) is 2. The Hall–Kier alpha value is -0.540. The lowest BCUT2D eigenvalue weighted by Crippen LogP contribution is -2.33. The number of halogens is 1. The van der Waals surface area contributed by atoms with Crippen LogP contribution in [0.5, 0.6) is 0 Å². The van der Waals surface area contributed by atoms with E-state index in [2.05, 4.69) is 66.7 Å². The molecule has 0 heterocycles. The minimum Gasteiger partial charge on any atom is -0.368 e. The molecule has 2 unspecified atom stereocenters. The molecule has 1 aromatic rings. The van der Waals surface area contributed by atoms with Gasteiger partial charge in [0.05, 0.1) is 5.69 Å². The number of nitrogens with two attached hydrogens (primary N) is 1. The van der Waals surface area contributed by atoms with E-state index < -0.39 is 0 Å². The summed E-state index contributed by atoms with van der Waals surface area (Å²) in [5, 5.41) is 0. The molecule has 21 heavy (non-hydrogen) atoms. The maximum absolute atomic E-state index is 6.06. The lowest BCUT2D eigenvalue weighted by Gasteiger charge is -2.32. The number of hydrogen-bond donors (Lipinski definition) is 1. The maximum atomic E-state index is 6.06. The highest BCUT2D eigenvalue weighted by Crippen LogP contribution is 2.30. The van der Waals surface area contributed by atoms with Gasteiger partial charge >= 0.3 is 0 Å². The molecule has 0 radical (unpaired) electrons. The van der Waals surface area contributed by atoms with Gasteiger partial charge in [0.15, 0.2) is 0 Å². The summed E-state index contributed by atoms with van der Waals surface area (Å²) < 4.78 is 1.19. The summed E-state index contributed by atoms with van der Waals surface area (Å²) in [6.45, 7) is 10.1. The van der Waals surface area contributed by atoms with Crippen LogP contribution in [0.1, 0.15) is 58.9 Å². The summed E-state index contributed by atoms with van der Waals surface area (Å²) in [5.41, 5.74) is 8.69. The predicted octanol–water partition coefficient (Wildman–Crippen LogP) is 5.13. The van der Waals surface area contributed by atoms with Crippen molar-refractivity contribution in [2.24, 2.45) is 5.73 Å². The van der Waals surface area contributed by atoms with Gasteiger partial charge in [0.2, 0.25) is 0 Å².